The Labute approximate surface area is 135 Å². The van der Waals surface area contributed by atoms with Crippen LogP contribution in [0.4, 0.5) is 5.69 Å². The maximum Gasteiger partial charge on any atom is 0.235 e. The highest BCUT2D eigenvalue weighted by molar-refractivity contribution is 6.06. The third-order valence-corrected chi connectivity index (χ3v) is 6.21. The average molecular weight is 308 g/mol. The molecule has 2 saturated carbocycles. The number of amides is 2. The van der Waals surface area contributed by atoms with Crippen molar-refractivity contribution >= 4 is 17.5 Å². The van der Waals surface area contributed by atoms with E-state index in [1.165, 1.54) is 11.3 Å². The molecule has 6 rings (SSSR count). The molecule has 6 atom stereocenters. The Bertz CT molecular complexity index is 705. The molecule has 1 aliphatic heterocycles. The number of nitrogens with one attached hydrogen (secondary N) is 1. The van der Waals surface area contributed by atoms with Crippen molar-refractivity contribution in [1.82, 2.24) is 4.90 Å². The Kier molecular flexibility index (Phi) is 2.59. The van der Waals surface area contributed by atoms with Gasteiger partial charge in [-0.2, -0.15) is 0 Å². The monoisotopic (exact) mass is 308 g/mol. The number of carbonyl (C=O) groups excluding carboxylic acids is 2. The Morgan fingerprint density at radius 2 is 1.74 bits per heavy atom. The summed E-state index contributed by atoms with van der Waals surface area (Å²) in [4.78, 5) is 27.1. The maximum atomic E-state index is 12.8. The van der Waals surface area contributed by atoms with Gasteiger partial charge in [-0.05, 0) is 54.7 Å². The summed E-state index contributed by atoms with van der Waals surface area (Å²) in [7, 11) is 0. The van der Waals surface area contributed by atoms with Gasteiger partial charge in [0.05, 0.1) is 18.5 Å². The molecule has 3 fully saturated rings. The van der Waals surface area contributed by atoms with Crippen molar-refractivity contribution in [3.05, 3.63) is 42.0 Å². The molecule has 2 amide bonds. The van der Waals surface area contributed by atoms with E-state index >= 15 is 0 Å². The molecule has 118 valence electrons. The van der Waals surface area contributed by atoms with Crippen LogP contribution in [0.1, 0.15) is 12.0 Å². The fourth-order valence-corrected chi connectivity index (χ4v) is 5.10. The topological polar surface area (TPSA) is 49.4 Å². The molecule has 4 heteroatoms. The van der Waals surface area contributed by atoms with Crippen LogP contribution in [0.2, 0.25) is 0 Å². The van der Waals surface area contributed by atoms with E-state index in [-0.39, 0.29) is 30.3 Å². The summed E-state index contributed by atoms with van der Waals surface area (Å²) < 4.78 is 0. The van der Waals surface area contributed by atoms with E-state index in [1.54, 1.807) is 0 Å². The van der Waals surface area contributed by atoms with E-state index < -0.39 is 0 Å². The van der Waals surface area contributed by atoms with Crippen LogP contribution in [0, 0.1) is 42.4 Å². The third-order valence-electron chi connectivity index (χ3n) is 6.21. The summed E-state index contributed by atoms with van der Waals surface area (Å²) in [5.74, 6) is 1.79. The Morgan fingerprint density at radius 1 is 1.09 bits per heavy atom. The van der Waals surface area contributed by atoms with Gasteiger partial charge >= 0.3 is 0 Å². The van der Waals surface area contributed by atoms with Crippen LogP contribution in [0.5, 0.6) is 0 Å². The zero-order valence-corrected chi connectivity index (χ0v) is 13.1. The third kappa shape index (κ3) is 1.78. The minimum absolute atomic E-state index is 0.0323. The first-order valence-corrected chi connectivity index (χ1v) is 8.49. The van der Waals surface area contributed by atoms with Crippen LogP contribution < -0.4 is 5.32 Å². The lowest BCUT2D eigenvalue weighted by molar-refractivity contribution is -0.139. The molecule has 4 nitrogen and oxygen atoms in total. The fraction of sp³-hybridized carbons (Fsp3) is 0.474. The molecule has 5 aliphatic rings. The van der Waals surface area contributed by atoms with E-state index in [1.807, 2.05) is 31.2 Å². The van der Waals surface area contributed by atoms with Gasteiger partial charge in [0, 0.05) is 5.69 Å². The van der Waals surface area contributed by atoms with Crippen molar-refractivity contribution in [2.75, 3.05) is 12.0 Å². The summed E-state index contributed by atoms with van der Waals surface area (Å²) in [5, 5.41) is 3.23. The smallest absolute Gasteiger partial charge is 0.235 e. The number of anilines is 1. The van der Waals surface area contributed by atoms with Gasteiger partial charge in [0.2, 0.25) is 11.8 Å². The van der Waals surface area contributed by atoms with Crippen LogP contribution in [0.15, 0.2) is 36.4 Å². The highest BCUT2D eigenvalue weighted by Crippen LogP contribution is 2.65. The largest absolute Gasteiger partial charge is 0.367 e. The minimum Gasteiger partial charge on any atom is -0.367 e. The highest BCUT2D eigenvalue weighted by atomic mass is 16.2. The Balaban J connectivity index is 1.37. The zero-order valence-electron chi connectivity index (χ0n) is 13.1. The van der Waals surface area contributed by atoms with Crippen molar-refractivity contribution in [2.24, 2.45) is 35.5 Å². The summed E-state index contributed by atoms with van der Waals surface area (Å²) in [6.45, 7) is 2.31. The first-order chi connectivity index (χ1) is 11.1. The highest BCUT2D eigenvalue weighted by Gasteiger charge is 2.66. The van der Waals surface area contributed by atoms with Crippen LogP contribution in [-0.4, -0.2) is 23.4 Å². The molecule has 1 aromatic carbocycles. The average Bonchev–Trinajstić information content (AvgIpc) is 3.32. The normalized spacial score (nSPS) is 39.4. The number of imide groups is 1. The summed E-state index contributed by atoms with van der Waals surface area (Å²) in [6, 6.07) is 7.99. The lowest BCUT2D eigenvalue weighted by atomic mass is 9.63. The number of hydrogen-bond donors (Lipinski definition) is 1. The molecule has 2 bridgehead atoms. The van der Waals surface area contributed by atoms with E-state index in [4.69, 9.17) is 0 Å². The lowest BCUT2D eigenvalue weighted by Crippen LogP contribution is -2.40. The molecule has 1 N–H and O–H groups in total. The number of hydrogen-bond acceptors (Lipinski definition) is 3. The number of benzene rings is 1. The number of allylic oxidation sites excluding steroid dienone is 2. The van der Waals surface area contributed by atoms with Gasteiger partial charge in [-0.3, -0.25) is 14.5 Å². The van der Waals surface area contributed by atoms with E-state index in [0.29, 0.717) is 23.7 Å². The van der Waals surface area contributed by atoms with Crippen LogP contribution >= 0.6 is 0 Å². The van der Waals surface area contributed by atoms with Gasteiger partial charge in [0.25, 0.3) is 0 Å². The van der Waals surface area contributed by atoms with Crippen molar-refractivity contribution in [2.45, 2.75) is 13.3 Å². The number of rotatable bonds is 3. The molecular weight excluding hydrogens is 288 g/mol. The van der Waals surface area contributed by atoms with E-state index in [9.17, 15) is 9.59 Å². The predicted molar refractivity (Wildman–Crippen MR) is 86.2 cm³/mol. The molecule has 23 heavy (non-hydrogen) atoms. The second-order valence-electron chi connectivity index (χ2n) is 7.46. The second kappa shape index (κ2) is 4.47. The van der Waals surface area contributed by atoms with Gasteiger partial charge in [0.1, 0.15) is 0 Å². The van der Waals surface area contributed by atoms with Crippen molar-refractivity contribution in [3.8, 4) is 0 Å². The van der Waals surface area contributed by atoms with Crippen molar-refractivity contribution < 1.29 is 9.59 Å². The molecule has 0 aromatic heterocycles. The van der Waals surface area contributed by atoms with Crippen molar-refractivity contribution in [3.63, 3.8) is 0 Å². The summed E-state index contributed by atoms with van der Waals surface area (Å²) in [6.07, 6.45) is 5.63. The zero-order chi connectivity index (χ0) is 15.7. The number of nitrogens with zero attached hydrogens (tertiary/aromatic N) is 1. The predicted octanol–water partition coefficient (Wildman–Crippen LogP) is 2.42. The van der Waals surface area contributed by atoms with Crippen LogP contribution in [0.25, 0.3) is 0 Å². The van der Waals surface area contributed by atoms with Crippen LogP contribution in [-0.2, 0) is 9.59 Å². The van der Waals surface area contributed by atoms with Crippen LogP contribution in [0.3, 0.4) is 0 Å². The standard InChI is InChI=1S/C19H20N2O2/c1-10-3-2-4-11(7-10)20-9-21-18(22)16-12-5-6-13(15-8-14(12)15)17(16)19(21)23/h2-7,12-17,20H,8-9H2,1H3/t12-,13-,14-,15-,16+,17+/m0/s1. The SMILES string of the molecule is Cc1cccc(NCN2C(=O)[C@@H]3[C@H]4C=C[C@@H]([C@@H]5C[C@@H]45)[C@H]3C2=O)c1. The Hall–Kier alpha value is -2.10. The van der Waals surface area contributed by atoms with Gasteiger partial charge in [-0.25, -0.2) is 0 Å². The molecule has 0 spiro atoms. The quantitative estimate of drug-likeness (QED) is 0.689. The van der Waals surface area contributed by atoms with Gasteiger partial charge in [0.15, 0.2) is 0 Å². The second-order valence-corrected chi connectivity index (χ2v) is 7.46. The molecule has 1 aromatic rings. The number of carbonyl (C=O) groups is 2. The molecular formula is C19H20N2O2. The van der Waals surface area contributed by atoms with Gasteiger partial charge < -0.3 is 5.32 Å². The van der Waals surface area contributed by atoms with Gasteiger partial charge in [-0.1, -0.05) is 24.3 Å². The number of aryl methyl sites for hydroxylation is 1. The minimum atomic E-state index is -0.0967. The molecule has 1 heterocycles. The summed E-state index contributed by atoms with van der Waals surface area (Å²) >= 11 is 0. The van der Waals surface area contributed by atoms with E-state index in [0.717, 1.165) is 11.3 Å². The first-order valence-electron chi connectivity index (χ1n) is 8.49. The molecule has 4 aliphatic carbocycles. The fourth-order valence-electron chi connectivity index (χ4n) is 5.10. The molecule has 0 unspecified atom stereocenters. The van der Waals surface area contributed by atoms with Gasteiger partial charge in [-0.15, -0.1) is 0 Å². The number of likely N-dealkylation sites (tertiary alicyclic amines) is 1. The summed E-state index contributed by atoms with van der Waals surface area (Å²) in [5.41, 5.74) is 2.11. The molecule has 1 saturated heterocycles. The maximum absolute atomic E-state index is 12.8. The lowest BCUT2D eigenvalue weighted by Gasteiger charge is -2.37. The van der Waals surface area contributed by atoms with E-state index in [2.05, 4.69) is 17.5 Å². The molecule has 0 radical (unpaired) electrons. The Morgan fingerprint density at radius 3 is 2.35 bits per heavy atom. The first kappa shape index (κ1) is 13.3. The van der Waals surface area contributed by atoms with Crippen molar-refractivity contribution in [1.29, 1.82) is 0 Å².